The van der Waals surface area contributed by atoms with Crippen molar-refractivity contribution in [3.63, 3.8) is 0 Å². The van der Waals surface area contributed by atoms with E-state index in [1.165, 1.54) is 9.80 Å². The van der Waals surface area contributed by atoms with Gasteiger partial charge in [0.2, 0.25) is 41.4 Å². The number of amides is 7. The third-order valence-corrected chi connectivity index (χ3v) is 9.04. The highest BCUT2D eigenvalue weighted by Crippen LogP contribution is 2.27. The Bertz CT molecular complexity index is 1360. The number of benzene rings is 1. The van der Waals surface area contributed by atoms with Crippen LogP contribution in [0.5, 0.6) is 0 Å². The summed E-state index contributed by atoms with van der Waals surface area (Å²) in [4.78, 5) is 96.1. The third-order valence-electron chi connectivity index (χ3n) is 9.04. The lowest BCUT2D eigenvalue weighted by Gasteiger charge is -2.35. The molecule has 3 heterocycles. The first-order valence-corrected chi connectivity index (χ1v) is 16.1. The Morgan fingerprint density at radius 1 is 0.913 bits per heavy atom. The van der Waals surface area contributed by atoms with Crippen LogP contribution in [0, 0.1) is 5.92 Å². The molecule has 3 aliphatic rings. The third kappa shape index (κ3) is 8.40. The van der Waals surface area contributed by atoms with Crippen LogP contribution in [0.25, 0.3) is 0 Å². The van der Waals surface area contributed by atoms with Crippen LogP contribution in [0.15, 0.2) is 30.3 Å². The number of rotatable bonds is 5. The summed E-state index contributed by atoms with van der Waals surface area (Å²) < 4.78 is 8.95. The standard InChI is InChI=1S/C32H45N7O7/c1-3-19(2)27-32(46)39-16-8-12-24(39)31(45)38-15-7-11-23(38)30(44)36-21(28(33)42)13-14-25(40)34-18-26(41)35-22(29(43)37-27)17-20-9-5-4-6-10-20/h4-6,9-10,19,21-24,27H,3,7-8,11-18H2,1-2H3,(H2,33,42)(H,34,40)(H,35,41)(H,36,44)(H,37,43)/t19-,21+,22+,23-,24-,27-/m0/s1/i/hD. The van der Waals surface area contributed by atoms with Crippen molar-refractivity contribution in [1.82, 2.24) is 31.1 Å². The van der Waals surface area contributed by atoms with E-state index in [1.807, 2.05) is 6.92 Å². The highest BCUT2D eigenvalue weighted by molar-refractivity contribution is 5.97. The van der Waals surface area contributed by atoms with Gasteiger partial charge in [-0.05, 0) is 43.6 Å². The van der Waals surface area contributed by atoms with Gasteiger partial charge in [-0.1, -0.05) is 50.6 Å². The molecule has 0 bridgehead atoms. The summed E-state index contributed by atoms with van der Waals surface area (Å²) in [5.41, 5.74) is 6.23. The Labute approximate surface area is 270 Å². The van der Waals surface area contributed by atoms with E-state index in [4.69, 9.17) is 7.15 Å². The van der Waals surface area contributed by atoms with Gasteiger partial charge < -0.3 is 36.8 Å². The molecule has 3 saturated heterocycles. The largest absolute Gasteiger partial charge is 0.368 e. The van der Waals surface area contributed by atoms with Crippen LogP contribution in [0.4, 0.5) is 0 Å². The maximum atomic E-state index is 14.2. The minimum atomic E-state index is -1.25. The van der Waals surface area contributed by atoms with Crippen molar-refractivity contribution >= 4 is 41.4 Å². The van der Waals surface area contributed by atoms with Crippen molar-refractivity contribution < 1.29 is 35.0 Å². The number of nitrogens with one attached hydrogen (secondary N) is 4. The van der Waals surface area contributed by atoms with E-state index in [1.54, 1.807) is 37.3 Å². The van der Waals surface area contributed by atoms with Crippen LogP contribution in [0.3, 0.4) is 0 Å². The Balaban J connectivity index is 1.70. The van der Waals surface area contributed by atoms with Gasteiger partial charge in [0, 0.05) is 25.9 Å². The molecule has 0 aromatic heterocycles. The van der Waals surface area contributed by atoms with Gasteiger partial charge in [0.15, 0.2) is 1.41 Å². The molecule has 14 heteroatoms. The van der Waals surface area contributed by atoms with Gasteiger partial charge >= 0.3 is 0 Å². The first-order valence-electron chi connectivity index (χ1n) is 16.5. The zero-order chi connectivity index (χ0) is 34.2. The second kappa shape index (κ2) is 15.7. The molecule has 0 aliphatic carbocycles. The van der Waals surface area contributed by atoms with Crippen molar-refractivity contribution in [1.29, 1.82) is 0 Å². The highest BCUT2D eigenvalue weighted by atomic mass is 16.2. The fraction of sp³-hybridized carbons (Fsp3) is 0.594. The van der Waals surface area contributed by atoms with Gasteiger partial charge in [-0.25, -0.2) is 0 Å². The molecule has 3 aliphatic heterocycles. The van der Waals surface area contributed by atoms with Gasteiger partial charge in [0.05, 0.1) is 6.54 Å². The number of hydrogen-bond acceptors (Lipinski definition) is 7. The van der Waals surface area contributed by atoms with Crippen molar-refractivity contribution in [3.05, 3.63) is 35.9 Å². The molecule has 250 valence electrons. The van der Waals surface area contributed by atoms with Crippen LogP contribution in [-0.4, -0.2) is 101 Å². The number of hydrogen-bond donors (Lipinski definition) is 5. The van der Waals surface area contributed by atoms with E-state index in [-0.39, 0.29) is 32.4 Å². The quantitative estimate of drug-likeness (QED) is 0.275. The molecule has 14 nitrogen and oxygen atoms in total. The maximum absolute atomic E-state index is 14.2. The summed E-state index contributed by atoms with van der Waals surface area (Å²) in [5.74, 6) is -5.00. The second-order valence-corrected chi connectivity index (χ2v) is 12.3. The van der Waals surface area contributed by atoms with E-state index in [2.05, 4.69) is 16.0 Å². The number of carbonyl (C=O) groups excluding carboxylic acids is 7. The van der Waals surface area contributed by atoms with Gasteiger partial charge in [-0.3, -0.25) is 33.6 Å². The Hall–Kier alpha value is -4.49. The molecule has 7 amide bonds. The number of nitrogens with zero attached hydrogens (tertiary/aromatic N) is 2. The molecule has 0 radical (unpaired) electrons. The summed E-state index contributed by atoms with van der Waals surface area (Å²) in [6.07, 6.45) is 1.83. The molecule has 3 fully saturated rings. The van der Waals surface area contributed by atoms with Gasteiger partial charge in [-0.15, -0.1) is 0 Å². The minimum absolute atomic E-state index is 0.0251. The smallest absolute Gasteiger partial charge is 0.246 e. The van der Waals surface area contributed by atoms with E-state index in [0.717, 1.165) is 0 Å². The number of fused-ring (bicyclic) bond motifs is 2. The predicted molar refractivity (Wildman–Crippen MR) is 166 cm³/mol. The van der Waals surface area contributed by atoms with Gasteiger partial charge in [0.25, 0.3) is 0 Å². The summed E-state index contributed by atoms with van der Waals surface area (Å²) >= 11 is 0. The SMILES string of the molecule is [2H]N1C(=O)[C@@H](Cc2ccccc2)NC(=O)CNC(=O)CC[C@H](C(N)=O)NC(=O)[C@@H]2CCCN2C(=O)[C@@H]2CCCN2C(=O)[C@@H]1[C@@H](C)CC. The Morgan fingerprint density at radius 3 is 2.22 bits per heavy atom. The van der Waals surface area contributed by atoms with Crippen LogP contribution >= 0.6 is 0 Å². The summed E-state index contributed by atoms with van der Waals surface area (Å²) in [6.45, 7) is 3.60. The van der Waals surface area contributed by atoms with Gasteiger partial charge in [0.1, 0.15) is 30.2 Å². The molecule has 1 aromatic rings. The number of carbonyl (C=O) groups is 7. The molecule has 46 heavy (non-hydrogen) atoms. The zero-order valence-corrected chi connectivity index (χ0v) is 26.4. The topological polar surface area (TPSA) is 200 Å². The van der Waals surface area contributed by atoms with E-state index in [0.29, 0.717) is 43.0 Å². The summed E-state index contributed by atoms with van der Waals surface area (Å²) in [5, 5.41) is 8.26. The highest BCUT2D eigenvalue weighted by Gasteiger charge is 2.45. The fourth-order valence-corrected chi connectivity index (χ4v) is 6.22. The van der Waals surface area contributed by atoms with Crippen LogP contribution in [0.2, 0.25) is 1.41 Å². The lowest BCUT2D eigenvalue weighted by Crippen LogP contribution is -2.60. The summed E-state index contributed by atoms with van der Waals surface area (Å²) in [7, 11) is 0. The van der Waals surface area contributed by atoms with Crippen LogP contribution in [0.1, 0.15) is 64.4 Å². The van der Waals surface area contributed by atoms with E-state index < -0.39 is 84.0 Å². The monoisotopic (exact) mass is 640 g/mol. The zero-order valence-electron chi connectivity index (χ0n) is 27.4. The fourth-order valence-electron chi connectivity index (χ4n) is 6.22. The first kappa shape index (κ1) is 32.9. The molecule has 6 atom stereocenters. The molecule has 1 aromatic carbocycles. The van der Waals surface area contributed by atoms with E-state index >= 15 is 0 Å². The lowest BCUT2D eigenvalue weighted by molar-refractivity contribution is -0.148. The molecule has 0 saturated carbocycles. The van der Waals surface area contributed by atoms with Crippen molar-refractivity contribution in [2.75, 3.05) is 19.6 Å². The Kier molecular flexibility index (Phi) is 11.2. The van der Waals surface area contributed by atoms with Crippen molar-refractivity contribution in [3.8, 4) is 0 Å². The van der Waals surface area contributed by atoms with Crippen LogP contribution < -0.4 is 27.0 Å². The van der Waals surface area contributed by atoms with Crippen molar-refractivity contribution in [2.24, 2.45) is 11.7 Å². The average molecular weight is 641 g/mol. The van der Waals surface area contributed by atoms with E-state index in [9.17, 15) is 33.6 Å². The Morgan fingerprint density at radius 2 is 1.57 bits per heavy atom. The van der Waals surface area contributed by atoms with Crippen LogP contribution in [-0.2, 0) is 40.0 Å². The summed E-state index contributed by atoms with van der Waals surface area (Å²) in [6, 6.07) is 3.40. The predicted octanol–water partition coefficient (Wildman–Crippen LogP) is -0.893. The van der Waals surface area contributed by atoms with Crippen molar-refractivity contribution in [2.45, 2.75) is 95.4 Å². The number of primary amides is 1. The maximum Gasteiger partial charge on any atom is 0.246 e. The lowest BCUT2D eigenvalue weighted by atomic mass is 9.96. The molecular formula is C32H45N7O7. The normalized spacial score (nSPS) is 28.4. The minimum Gasteiger partial charge on any atom is -0.368 e. The first-order chi connectivity index (χ1) is 22.4. The molecule has 4 rings (SSSR count). The number of nitrogens with two attached hydrogens (primary N) is 1. The molecular weight excluding hydrogens is 594 g/mol. The molecule has 0 unspecified atom stereocenters. The molecule has 6 N–H and O–H groups in total. The molecule has 0 spiro atoms. The second-order valence-electron chi connectivity index (χ2n) is 12.3. The van der Waals surface area contributed by atoms with Gasteiger partial charge in [-0.2, -0.15) is 0 Å². The average Bonchev–Trinajstić information content (AvgIpc) is 3.75.